The lowest BCUT2D eigenvalue weighted by Gasteiger charge is -2.36. The largest absolute Gasteiger partial charge is 0.401 e. The van der Waals surface area contributed by atoms with Gasteiger partial charge in [0.2, 0.25) is 5.91 Å². The molecule has 0 aromatic carbocycles. The van der Waals surface area contributed by atoms with Crippen LogP contribution in [0.5, 0.6) is 0 Å². The molecule has 2 rings (SSSR count). The maximum Gasteiger partial charge on any atom is 0.322 e. The third-order valence-electron chi connectivity index (χ3n) is 2.55. The van der Waals surface area contributed by atoms with Gasteiger partial charge in [0.25, 0.3) is 0 Å². The number of nitrogens with two attached hydrogens (primary N) is 2. The molecule has 76 valence electrons. The molecule has 0 saturated carbocycles. The Morgan fingerprint density at radius 1 is 1.43 bits per heavy atom. The molecule has 6 N–H and O–H groups in total. The number of urea groups is 1. The first-order valence-corrected chi connectivity index (χ1v) is 4.42. The van der Waals surface area contributed by atoms with Crippen LogP contribution in [0.2, 0.25) is 0 Å². The van der Waals surface area contributed by atoms with Gasteiger partial charge in [0.1, 0.15) is 0 Å². The number of fused-ring (bicyclic) bond motifs is 1. The van der Waals surface area contributed by atoms with E-state index in [1.165, 1.54) is 0 Å². The van der Waals surface area contributed by atoms with Crippen LogP contribution < -0.4 is 22.1 Å². The van der Waals surface area contributed by atoms with Crippen LogP contribution in [-0.2, 0) is 4.79 Å². The van der Waals surface area contributed by atoms with E-state index in [1.807, 2.05) is 0 Å². The molecule has 3 amide bonds. The summed E-state index contributed by atoms with van der Waals surface area (Å²) in [5, 5.41) is 4.79. The van der Waals surface area contributed by atoms with Crippen LogP contribution in [0.15, 0.2) is 11.8 Å². The third-order valence-corrected chi connectivity index (χ3v) is 2.55. The van der Waals surface area contributed by atoms with Crippen LogP contribution in [0.1, 0.15) is 6.42 Å². The lowest BCUT2D eigenvalue weighted by molar-refractivity contribution is -0.125. The van der Waals surface area contributed by atoms with E-state index in [0.29, 0.717) is 12.1 Å². The van der Waals surface area contributed by atoms with Gasteiger partial charge in [-0.3, -0.25) is 10.1 Å². The van der Waals surface area contributed by atoms with Gasteiger partial charge >= 0.3 is 6.03 Å². The van der Waals surface area contributed by atoms with Gasteiger partial charge < -0.3 is 16.8 Å². The Morgan fingerprint density at radius 3 is 2.86 bits per heavy atom. The lowest BCUT2D eigenvalue weighted by Crippen LogP contribution is -2.62. The van der Waals surface area contributed by atoms with Crippen molar-refractivity contribution in [2.75, 3.05) is 0 Å². The summed E-state index contributed by atoms with van der Waals surface area (Å²) < 4.78 is 0. The van der Waals surface area contributed by atoms with Gasteiger partial charge in [-0.05, 0) is 12.5 Å². The summed E-state index contributed by atoms with van der Waals surface area (Å²) in [6.07, 6.45) is 2.19. The van der Waals surface area contributed by atoms with E-state index in [9.17, 15) is 9.59 Å². The zero-order valence-electron chi connectivity index (χ0n) is 7.49. The number of carbonyl (C=O) groups excluding carboxylic acids is 2. The smallest absolute Gasteiger partial charge is 0.322 e. The van der Waals surface area contributed by atoms with Crippen LogP contribution in [0.3, 0.4) is 0 Å². The fraction of sp³-hybridized carbons (Fsp3) is 0.500. The molecule has 0 spiro atoms. The third kappa shape index (κ3) is 1.33. The highest BCUT2D eigenvalue weighted by Gasteiger charge is 2.39. The minimum atomic E-state index is -0.497. The minimum absolute atomic E-state index is 0.211. The van der Waals surface area contributed by atoms with Crippen molar-refractivity contribution in [3.63, 3.8) is 0 Å². The monoisotopic (exact) mass is 196 g/mol. The van der Waals surface area contributed by atoms with E-state index in [-0.39, 0.29) is 17.9 Å². The van der Waals surface area contributed by atoms with E-state index in [0.717, 1.165) is 0 Å². The second-order valence-corrected chi connectivity index (χ2v) is 3.61. The van der Waals surface area contributed by atoms with Crippen LogP contribution in [0.25, 0.3) is 0 Å². The van der Waals surface area contributed by atoms with Gasteiger partial charge in [-0.2, -0.15) is 0 Å². The van der Waals surface area contributed by atoms with Crippen molar-refractivity contribution in [3.8, 4) is 0 Å². The zero-order chi connectivity index (χ0) is 10.3. The highest BCUT2D eigenvalue weighted by atomic mass is 16.2. The Bertz CT molecular complexity index is 325. The topological polar surface area (TPSA) is 110 Å². The van der Waals surface area contributed by atoms with E-state index >= 15 is 0 Å². The molecule has 1 heterocycles. The molecule has 3 unspecified atom stereocenters. The number of amides is 3. The molecule has 6 heteroatoms. The molecule has 1 fully saturated rings. The van der Waals surface area contributed by atoms with Crippen LogP contribution in [-0.4, -0.2) is 24.0 Å². The van der Waals surface area contributed by atoms with Crippen LogP contribution >= 0.6 is 0 Å². The Labute approximate surface area is 80.7 Å². The number of hydrogen-bond donors (Lipinski definition) is 4. The number of carbonyl (C=O) groups is 2. The first-order valence-electron chi connectivity index (χ1n) is 4.42. The number of rotatable bonds is 0. The SMILES string of the molecule is NC1=CC(N)CC2C(=O)NC(=O)NC12. The van der Waals surface area contributed by atoms with Crippen molar-refractivity contribution in [2.24, 2.45) is 17.4 Å². The van der Waals surface area contributed by atoms with Crippen molar-refractivity contribution < 1.29 is 9.59 Å². The van der Waals surface area contributed by atoms with Gasteiger partial charge in [0, 0.05) is 11.7 Å². The van der Waals surface area contributed by atoms with Crippen molar-refractivity contribution in [3.05, 3.63) is 11.8 Å². The van der Waals surface area contributed by atoms with E-state index < -0.39 is 12.1 Å². The number of imide groups is 1. The number of hydrogen-bond acceptors (Lipinski definition) is 4. The second kappa shape index (κ2) is 2.98. The molecule has 0 bridgehead atoms. The van der Waals surface area contributed by atoms with Crippen LogP contribution in [0, 0.1) is 5.92 Å². The summed E-state index contributed by atoms with van der Waals surface area (Å²) in [6, 6.07) is -1.10. The summed E-state index contributed by atoms with van der Waals surface area (Å²) in [4.78, 5) is 22.4. The first kappa shape index (κ1) is 9.01. The average molecular weight is 196 g/mol. The average Bonchev–Trinajstić information content (AvgIpc) is 2.07. The van der Waals surface area contributed by atoms with E-state index in [4.69, 9.17) is 11.5 Å². The fourth-order valence-electron chi connectivity index (χ4n) is 1.90. The molecule has 1 aliphatic heterocycles. The molecule has 14 heavy (non-hydrogen) atoms. The molecule has 0 aromatic rings. The highest BCUT2D eigenvalue weighted by Crippen LogP contribution is 2.23. The van der Waals surface area contributed by atoms with E-state index in [2.05, 4.69) is 10.6 Å². The molecule has 0 aromatic heterocycles. The lowest BCUT2D eigenvalue weighted by atomic mass is 9.83. The quantitative estimate of drug-likeness (QED) is 0.373. The number of nitrogens with one attached hydrogen (secondary N) is 2. The van der Waals surface area contributed by atoms with Crippen molar-refractivity contribution in [1.29, 1.82) is 0 Å². The van der Waals surface area contributed by atoms with E-state index in [1.54, 1.807) is 6.08 Å². The van der Waals surface area contributed by atoms with Gasteiger partial charge in [-0.25, -0.2) is 4.79 Å². The van der Waals surface area contributed by atoms with Gasteiger partial charge in [0.15, 0.2) is 0 Å². The van der Waals surface area contributed by atoms with Crippen molar-refractivity contribution in [1.82, 2.24) is 10.6 Å². The predicted octanol–water partition coefficient (Wildman–Crippen LogP) is -1.62. The molecule has 3 atom stereocenters. The van der Waals surface area contributed by atoms with Gasteiger partial charge in [-0.15, -0.1) is 0 Å². The summed E-state index contributed by atoms with van der Waals surface area (Å²) >= 11 is 0. The first-order chi connectivity index (χ1) is 6.58. The van der Waals surface area contributed by atoms with Crippen molar-refractivity contribution in [2.45, 2.75) is 18.5 Å². The molecular weight excluding hydrogens is 184 g/mol. The highest BCUT2D eigenvalue weighted by molar-refractivity contribution is 5.99. The normalized spacial score (nSPS) is 36.6. The summed E-state index contributed by atoms with van der Waals surface area (Å²) in [5.74, 6) is -0.641. The molecule has 2 aliphatic rings. The fourth-order valence-corrected chi connectivity index (χ4v) is 1.90. The van der Waals surface area contributed by atoms with Gasteiger partial charge in [-0.1, -0.05) is 0 Å². The van der Waals surface area contributed by atoms with Crippen molar-refractivity contribution >= 4 is 11.9 Å². The Morgan fingerprint density at radius 2 is 2.14 bits per heavy atom. The maximum atomic E-state index is 11.4. The Kier molecular flexibility index (Phi) is 1.92. The molecule has 1 aliphatic carbocycles. The molecule has 6 nitrogen and oxygen atoms in total. The second-order valence-electron chi connectivity index (χ2n) is 3.61. The Balaban J connectivity index is 2.28. The predicted molar refractivity (Wildman–Crippen MR) is 48.8 cm³/mol. The molecular formula is C8H12N4O2. The summed E-state index contributed by atoms with van der Waals surface area (Å²) in [7, 11) is 0. The molecule has 1 saturated heterocycles. The zero-order valence-corrected chi connectivity index (χ0v) is 7.49. The van der Waals surface area contributed by atoms with Crippen LogP contribution in [0.4, 0.5) is 4.79 Å². The van der Waals surface area contributed by atoms with Gasteiger partial charge in [0.05, 0.1) is 12.0 Å². The Hall–Kier alpha value is -1.56. The maximum absolute atomic E-state index is 11.4. The molecule has 0 radical (unpaired) electrons. The summed E-state index contributed by atoms with van der Waals surface area (Å²) in [6.45, 7) is 0. The standard InChI is InChI=1S/C8H12N4O2/c9-3-1-4-6(5(10)2-3)11-8(14)12-7(4)13/h2-4,6H,1,9-10H2,(H2,11,12,13,14). The minimum Gasteiger partial charge on any atom is -0.401 e. The summed E-state index contributed by atoms with van der Waals surface area (Å²) in [5.41, 5.74) is 11.8.